The van der Waals surface area contributed by atoms with Gasteiger partial charge in [-0.15, -0.1) is 0 Å². The summed E-state index contributed by atoms with van der Waals surface area (Å²) in [6, 6.07) is 0.663. The Hall–Kier alpha value is -0.0800. The molecule has 0 bridgehead atoms. The minimum atomic E-state index is 0.146. The maximum absolute atomic E-state index is 6.58. The van der Waals surface area contributed by atoms with Crippen molar-refractivity contribution in [3.8, 4) is 0 Å². The third-order valence-corrected chi connectivity index (χ3v) is 4.22. The lowest BCUT2D eigenvalue weighted by molar-refractivity contribution is 0.0821. The molecule has 0 spiro atoms. The molecule has 1 aliphatic carbocycles. The number of nitrogens with zero attached hydrogens (tertiary/aromatic N) is 1. The molecule has 0 aromatic rings. The molecule has 14 heavy (non-hydrogen) atoms. The Kier molecular flexibility index (Phi) is 3.13. The van der Waals surface area contributed by atoms with E-state index in [0.29, 0.717) is 6.04 Å². The quantitative estimate of drug-likeness (QED) is 0.696. The topological polar surface area (TPSA) is 29.3 Å². The summed E-state index contributed by atoms with van der Waals surface area (Å²) in [5.74, 6) is 0. The third-order valence-electron chi connectivity index (χ3n) is 4.22. The zero-order valence-electron chi connectivity index (χ0n) is 9.47. The number of likely N-dealkylation sites (N-methyl/N-ethyl adjacent to an activating group) is 1. The molecule has 0 aromatic carbocycles. The lowest BCUT2D eigenvalue weighted by Gasteiger charge is -2.47. The van der Waals surface area contributed by atoms with Crippen LogP contribution < -0.4 is 5.73 Å². The molecule has 2 N–H and O–H groups in total. The maximum Gasteiger partial charge on any atom is 0.0312 e. The van der Waals surface area contributed by atoms with E-state index in [1.165, 1.54) is 57.9 Å². The molecule has 2 rings (SSSR count). The number of hydrogen-bond acceptors (Lipinski definition) is 2. The molecule has 82 valence electrons. The standard InChI is InChI=1S/C12H24N2/c1-14-10-6-3-7-11(14)12(13)8-4-2-5-9-12/h11H,2-10,13H2,1H3. The minimum Gasteiger partial charge on any atom is -0.324 e. The van der Waals surface area contributed by atoms with E-state index in [9.17, 15) is 0 Å². The Balaban J connectivity index is 2.02. The average molecular weight is 196 g/mol. The van der Waals surface area contributed by atoms with Crippen LogP contribution in [0.2, 0.25) is 0 Å². The molecule has 1 heterocycles. The van der Waals surface area contributed by atoms with E-state index in [0.717, 1.165) is 0 Å². The van der Waals surface area contributed by atoms with Crippen molar-refractivity contribution in [2.45, 2.75) is 62.9 Å². The van der Waals surface area contributed by atoms with Crippen LogP contribution in [-0.2, 0) is 0 Å². The molecule has 1 unspecified atom stereocenters. The summed E-state index contributed by atoms with van der Waals surface area (Å²) in [5, 5.41) is 0. The predicted octanol–water partition coefficient (Wildman–Crippen LogP) is 2.13. The smallest absolute Gasteiger partial charge is 0.0312 e. The molecule has 1 saturated carbocycles. The van der Waals surface area contributed by atoms with Crippen LogP contribution in [0.3, 0.4) is 0 Å². The first kappa shape index (κ1) is 10.4. The lowest BCUT2D eigenvalue weighted by atomic mass is 9.74. The molecule has 1 aliphatic heterocycles. The fourth-order valence-electron chi connectivity index (χ4n) is 3.34. The van der Waals surface area contributed by atoms with Crippen molar-refractivity contribution in [2.75, 3.05) is 13.6 Å². The van der Waals surface area contributed by atoms with E-state index in [2.05, 4.69) is 11.9 Å². The van der Waals surface area contributed by atoms with Crippen molar-refractivity contribution in [3.05, 3.63) is 0 Å². The molecule has 0 amide bonds. The van der Waals surface area contributed by atoms with Crippen LogP contribution >= 0.6 is 0 Å². The van der Waals surface area contributed by atoms with Gasteiger partial charge in [0.15, 0.2) is 0 Å². The highest BCUT2D eigenvalue weighted by atomic mass is 15.2. The summed E-state index contributed by atoms with van der Waals surface area (Å²) in [7, 11) is 2.26. The van der Waals surface area contributed by atoms with Crippen molar-refractivity contribution >= 4 is 0 Å². The first-order valence-electron chi connectivity index (χ1n) is 6.21. The normalized spacial score (nSPS) is 34.3. The minimum absolute atomic E-state index is 0.146. The summed E-state index contributed by atoms with van der Waals surface area (Å²) < 4.78 is 0. The number of likely N-dealkylation sites (tertiary alicyclic amines) is 1. The fraction of sp³-hybridized carbons (Fsp3) is 1.00. The molecule has 2 heteroatoms. The Morgan fingerprint density at radius 1 is 1.07 bits per heavy atom. The second-order valence-corrected chi connectivity index (χ2v) is 5.29. The summed E-state index contributed by atoms with van der Waals surface area (Å²) in [6.45, 7) is 1.25. The summed E-state index contributed by atoms with van der Waals surface area (Å²) in [4.78, 5) is 2.51. The zero-order valence-corrected chi connectivity index (χ0v) is 9.47. The van der Waals surface area contributed by atoms with Gasteiger partial charge in [0.05, 0.1) is 0 Å². The van der Waals surface area contributed by atoms with Crippen LogP contribution in [-0.4, -0.2) is 30.1 Å². The summed E-state index contributed by atoms with van der Waals surface area (Å²) >= 11 is 0. The second kappa shape index (κ2) is 4.19. The van der Waals surface area contributed by atoms with Gasteiger partial charge in [-0.1, -0.05) is 25.7 Å². The molecular formula is C12H24N2. The van der Waals surface area contributed by atoms with Gasteiger partial charge in [0.25, 0.3) is 0 Å². The van der Waals surface area contributed by atoms with Gasteiger partial charge in [0, 0.05) is 11.6 Å². The average Bonchev–Trinajstić information content (AvgIpc) is 2.19. The van der Waals surface area contributed by atoms with Crippen LogP contribution in [0.15, 0.2) is 0 Å². The van der Waals surface area contributed by atoms with E-state index in [1.54, 1.807) is 0 Å². The van der Waals surface area contributed by atoms with Crippen LogP contribution in [0.4, 0.5) is 0 Å². The van der Waals surface area contributed by atoms with Crippen LogP contribution in [0.1, 0.15) is 51.4 Å². The Morgan fingerprint density at radius 2 is 1.79 bits per heavy atom. The summed E-state index contributed by atoms with van der Waals surface area (Å²) in [6.07, 6.45) is 10.7. The molecule has 2 aliphatic rings. The maximum atomic E-state index is 6.58. The van der Waals surface area contributed by atoms with E-state index in [4.69, 9.17) is 5.73 Å². The van der Waals surface area contributed by atoms with Gasteiger partial charge in [0.2, 0.25) is 0 Å². The Labute approximate surface area is 87.8 Å². The second-order valence-electron chi connectivity index (χ2n) is 5.29. The van der Waals surface area contributed by atoms with Crippen molar-refractivity contribution in [3.63, 3.8) is 0 Å². The molecule has 1 atom stereocenters. The van der Waals surface area contributed by atoms with Gasteiger partial charge in [-0.2, -0.15) is 0 Å². The van der Waals surface area contributed by atoms with Gasteiger partial charge in [-0.05, 0) is 39.3 Å². The van der Waals surface area contributed by atoms with E-state index < -0.39 is 0 Å². The SMILES string of the molecule is CN1CCCCC1C1(N)CCCCC1. The van der Waals surface area contributed by atoms with E-state index in [-0.39, 0.29) is 5.54 Å². The molecule has 0 aromatic heterocycles. The molecule has 2 nitrogen and oxygen atoms in total. The number of rotatable bonds is 1. The molecule has 1 saturated heterocycles. The number of hydrogen-bond donors (Lipinski definition) is 1. The number of piperidine rings is 1. The zero-order chi connectivity index (χ0) is 10.0. The highest BCUT2D eigenvalue weighted by Gasteiger charge is 2.38. The third kappa shape index (κ3) is 1.96. The Bertz CT molecular complexity index is 185. The van der Waals surface area contributed by atoms with Crippen molar-refractivity contribution in [1.82, 2.24) is 4.90 Å². The molecular weight excluding hydrogens is 172 g/mol. The van der Waals surface area contributed by atoms with Crippen LogP contribution in [0.5, 0.6) is 0 Å². The van der Waals surface area contributed by atoms with Gasteiger partial charge in [0.1, 0.15) is 0 Å². The van der Waals surface area contributed by atoms with Crippen LogP contribution in [0.25, 0.3) is 0 Å². The van der Waals surface area contributed by atoms with E-state index >= 15 is 0 Å². The van der Waals surface area contributed by atoms with Crippen molar-refractivity contribution in [2.24, 2.45) is 5.73 Å². The van der Waals surface area contributed by atoms with Crippen molar-refractivity contribution in [1.29, 1.82) is 0 Å². The first-order valence-corrected chi connectivity index (χ1v) is 6.21. The fourth-order valence-corrected chi connectivity index (χ4v) is 3.34. The van der Waals surface area contributed by atoms with Gasteiger partial charge in [-0.25, -0.2) is 0 Å². The summed E-state index contributed by atoms with van der Waals surface area (Å²) in [5.41, 5.74) is 6.73. The Morgan fingerprint density at radius 3 is 2.43 bits per heavy atom. The monoisotopic (exact) mass is 196 g/mol. The molecule has 2 fully saturated rings. The van der Waals surface area contributed by atoms with Crippen molar-refractivity contribution < 1.29 is 0 Å². The predicted molar refractivity (Wildman–Crippen MR) is 60.3 cm³/mol. The molecule has 0 radical (unpaired) electrons. The number of nitrogens with two attached hydrogens (primary N) is 1. The lowest BCUT2D eigenvalue weighted by Crippen LogP contribution is -2.59. The first-order chi connectivity index (χ1) is 6.72. The van der Waals surface area contributed by atoms with Gasteiger partial charge >= 0.3 is 0 Å². The van der Waals surface area contributed by atoms with Crippen LogP contribution in [0, 0.1) is 0 Å². The van der Waals surface area contributed by atoms with E-state index in [1.807, 2.05) is 0 Å². The van der Waals surface area contributed by atoms with Gasteiger partial charge < -0.3 is 10.6 Å². The largest absolute Gasteiger partial charge is 0.324 e. The highest BCUT2D eigenvalue weighted by Crippen LogP contribution is 2.34. The highest BCUT2D eigenvalue weighted by molar-refractivity contribution is 4.99. The van der Waals surface area contributed by atoms with Gasteiger partial charge in [-0.3, -0.25) is 0 Å².